The van der Waals surface area contributed by atoms with Crippen LogP contribution in [0.25, 0.3) is 0 Å². The molecule has 1 fully saturated rings. The van der Waals surface area contributed by atoms with Crippen LogP contribution in [0, 0.1) is 11.8 Å². The van der Waals surface area contributed by atoms with Crippen molar-refractivity contribution in [2.75, 3.05) is 4.90 Å². The lowest BCUT2D eigenvalue weighted by atomic mass is 9.55. The zero-order valence-corrected chi connectivity index (χ0v) is 20.0. The van der Waals surface area contributed by atoms with Gasteiger partial charge in [-0.1, -0.05) is 78.9 Å². The van der Waals surface area contributed by atoms with Gasteiger partial charge in [-0.2, -0.15) is 0 Å². The molecule has 0 radical (unpaired) electrons. The number of nitrogens with zero attached hydrogens (tertiary/aromatic N) is 1. The summed E-state index contributed by atoms with van der Waals surface area (Å²) in [6.07, 6.45) is 0. The van der Waals surface area contributed by atoms with Gasteiger partial charge < -0.3 is 5.32 Å². The molecule has 1 heterocycles. The van der Waals surface area contributed by atoms with Crippen LogP contribution in [-0.4, -0.2) is 17.7 Å². The molecule has 180 valence electrons. The Labute approximate surface area is 214 Å². The van der Waals surface area contributed by atoms with E-state index in [0.29, 0.717) is 17.8 Å². The molecule has 0 spiro atoms. The number of carbonyl (C=O) groups excluding carboxylic acids is 3. The van der Waals surface area contributed by atoms with E-state index in [1.54, 1.807) is 24.3 Å². The van der Waals surface area contributed by atoms with Gasteiger partial charge in [0.25, 0.3) is 5.91 Å². The van der Waals surface area contributed by atoms with Gasteiger partial charge in [0.05, 0.1) is 17.5 Å². The van der Waals surface area contributed by atoms with Gasteiger partial charge in [0.1, 0.15) is 0 Å². The molecule has 8 rings (SSSR count). The molecule has 1 saturated heterocycles. The summed E-state index contributed by atoms with van der Waals surface area (Å²) in [5.41, 5.74) is 6.62. The van der Waals surface area contributed by atoms with Gasteiger partial charge in [-0.25, -0.2) is 4.90 Å². The minimum Gasteiger partial charge on any atom is -0.348 e. The topological polar surface area (TPSA) is 66.5 Å². The smallest absolute Gasteiger partial charge is 0.251 e. The third-order valence-electron chi connectivity index (χ3n) is 8.13. The highest BCUT2D eigenvalue weighted by molar-refractivity contribution is 6.23. The Morgan fingerprint density at radius 2 is 1.08 bits per heavy atom. The van der Waals surface area contributed by atoms with Gasteiger partial charge in [-0.3, -0.25) is 14.4 Å². The molecule has 0 aromatic heterocycles. The van der Waals surface area contributed by atoms with Crippen LogP contribution in [0.2, 0.25) is 0 Å². The standard InChI is InChI=1S/C32H24N2O3/c35-30(33-18-19-8-2-1-3-9-19)20-14-16-21(17-15-20)34-31(36)28-26-22-10-4-5-11-23(22)27(29(28)32(34)37)25-13-7-6-12-24(25)26/h1-17,26-29H,18H2,(H,33,35)/t26?,27?,28-,29-/m1/s1. The summed E-state index contributed by atoms with van der Waals surface area (Å²) in [4.78, 5) is 41.7. The van der Waals surface area contributed by atoms with E-state index in [4.69, 9.17) is 0 Å². The molecule has 5 nitrogen and oxygen atoms in total. The summed E-state index contributed by atoms with van der Waals surface area (Å²) >= 11 is 0. The van der Waals surface area contributed by atoms with Gasteiger partial charge in [0, 0.05) is 23.9 Å². The number of carbonyl (C=O) groups is 3. The molecule has 1 aliphatic heterocycles. The van der Waals surface area contributed by atoms with Crippen molar-refractivity contribution < 1.29 is 14.4 Å². The largest absolute Gasteiger partial charge is 0.348 e. The molecule has 1 N–H and O–H groups in total. The minimum atomic E-state index is -0.420. The maximum atomic E-state index is 13.9. The lowest BCUT2D eigenvalue weighted by Crippen LogP contribution is -2.41. The fraction of sp³-hybridized carbons (Fsp3) is 0.156. The Morgan fingerprint density at radius 1 is 0.622 bits per heavy atom. The molecular weight excluding hydrogens is 460 g/mol. The maximum absolute atomic E-state index is 13.9. The highest BCUT2D eigenvalue weighted by Gasteiger charge is 2.61. The molecular formula is C32H24N2O3. The Bertz CT molecular complexity index is 1450. The summed E-state index contributed by atoms with van der Waals surface area (Å²) in [5, 5.41) is 2.92. The molecule has 2 bridgehead atoms. The zero-order chi connectivity index (χ0) is 25.1. The van der Waals surface area contributed by atoms with Crippen LogP contribution in [0.15, 0.2) is 103 Å². The lowest BCUT2D eigenvalue weighted by molar-refractivity contribution is -0.122. The maximum Gasteiger partial charge on any atom is 0.251 e. The van der Waals surface area contributed by atoms with Crippen molar-refractivity contribution in [2.24, 2.45) is 11.8 Å². The molecule has 0 unspecified atom stereocenters. The molecule has 4 aromatic rings. The average Bonchev–Trinajstić information content (AvgIpc) is 3.22. The van der Waals surface area contributed by atoms with Crippen molar-refractivity contribution >= 4 is 23.4 Å². The SMILES string of the molecule is O=C(NCc1ccccc1)c1ccc(N2C(=O)[C@@H]3C4c5ccccc5C(c5ccccc54)[C@H]3C2=O)cc1. The van der Waals surface area contributed by atoms with Crippen molar-refractivity contribution in [2.45, 2.75) is 18.4 Å². The van der Waals surface area contributed by atoms with Crippen LogP contribution in [0.1, 0.15) is 50.0 Å². The number of nitrogens with one attached hydrogen (secondary N) is 1. The van der Waals surface area contributed by atoms with Gasteiger partial charge >= 0.3 is 0 Å². The van der Waals surface area contributed by atoms with Crippen LogP contribution in [-0.2, 0) is 16.1 Å². The van der Waals surface area contributed by atoms with E-state index < -0.39 is 11.8 Å². The number of benzene rings is 4. The van der Waals surface area contributed by atoms with E-state index in [0.717, 1.165) is 27.8 Å². The number of rotatable bonds is 4. The van der Waals surface area contributed by atoms with Crippen LogP contribution < -0.4 is 10.2 Å². The number of imide groups is 1. The second-order valence-electron chi connectivity index (χ2n) is 9.99. The van der Waals surface area contributed by atoms with Gasteiger partial charge in [0.2, 0.25) is 11.8 Å². The molecule has 3 amide bonds. The fourth-order valence-corrected chi connectivity index (χ4v) is 6.57. The van der Waals surface area contributed by atoms with Crippen LogP contribution in [0.5, 0.6) is 0 Å². The number of hydrogen-bond acceptors (Lipinski definition) is 3. The number of amides is 3. The van der Waals surface area contributed by atoms with Crippen molar-refractivity contribution in [1.82, 2.24) is 5.32 Å². The fourth-order valence-electron chi connectivity index (χ4n) is 6.57. The molecule has 3 aliphatic carbocycles. The van der Waals surface area contributed by atoms with E-state index in [1.165, 1.54) is 4.90 Å². The molecule has 37 heavy (non-hydrogen) atoms. The summed E-state index contributed by atoms with van der Waals surface area (Å²) in [7, 11) is 0. The summed E-state index contributed by atoms with van der Waals surface area (Å²) in [6, 6.07) is 32.9. The monoisotopic (exact) mass is 484 g/mol. The van der Waals surface area contributed by atoms with E-state index >= 15 is 0 Å². The summed E-state index contributed by atoms with van der Waals surface area (Å²) in [5.74, 6) is -1.62. The van der Waals surface area contributed by atoms with Crippen molar-refractivity contribution in [3.8, 4) is 0 Å². The lowest BCUT2D eigenvalue weighted by Gasteiger charge is -2.45. The molecule has 2 atom stereocenters. The van der Waals surface area contributed by atoms with E-state index in [-0.39, 0.29) is 29.6 Å². The highest BCUT2D eigenvalue weighted by Crippen LogP contribution is 2.61. The van der Waals surface area contributed by atoms with Gasteiger partial charge in [-0.15, -0.1) is 0 Å². The third-order valence-corrected chi connectivity index (χ3v) is 8.13. The van der Waals surface area contributed by atoms with Crippen molar-refractivity contribution in [3.05, 3.63) is 137 Å². The van der Waals surface area contributed by atoms with Crippen LogP contribution >= 0.6 is 0 Å². The normalized spacial score (nSPS) is 22.9. The zero-order valence-electron chi connectivity index (χ0n) is 20.0. The first-order valence-corrected chi connectivity index (χ1v) is 12.6. The Balaban J connectivity index is 1.19. The predicted octanol–water partition coefficient (Wildman–Crippen LogP) is 5.01. The summed E-state index contributed by atoms with van der Waals surface area (Å²) in [6.45, 7) is 0.428. The first kappa shape index (κ1) is 21.7. The Hall–Kier alpha value is -4.51. The van der Waals surface area contributed by atoms with Gasteiger partial charge in [-0.05, 0) is 52.1 Å². The number of anilines is 1. The number of hydrogen-bond donors (Lipinski definition) is 1. The van der Waals surface area contributed by atoms with Crippen LogP contribution in [0.3, 0.4) is 0 Å². The Kier molecular flexibility index (Phi) is 4.86. The van der Waals surface area contributed by atoms with Crippen molar-refractivity contribution in [3.63, 3.8) is 0 Å². The van der Waals surface area contributed by atoms with Crippen molar-refractivity contribution in [1.29, 1.82) is 0 Å². The summed E-state index contributed by atoms with van der Waals surface area (Å²) < 4.78 is 0. The minimum absolute atomic E-state index is 0.133. The predicted molar refractivity (Wildman–Crippen MR) is 140 cm³/mol. The second-order valence-corrected chi connectivity index (χ2v) is 9.99. The Morgan fingerprint density at radius 3 is 1.57 bits per heavy atom. The van der Waals surface area contributed by atoms with E-state index in [9.17, 15) is 14.4 Å². The molecule has 4 aliphatic rings. The molecule has 5 heteroatoms. The van der Waals surface area contributed by atoms with E-state index in [2.05, 4.69) is 29.6 Å². The second kappa shape index (κ2) is 8.27. The third kappa shape index (κ3) is 3.20. The van der Waals surface area contributed by atoms with Gasteiger partial charge in [0.15, 0.2) is 0 Å². The average molecular weight is 485 g/mol. The quantitative estimate of drug-likeness (QED) is 0.414. The van der Waals surface area contributed by atoms with Crippen LogP contribution in [0.4, 0.5) is 5.69 Å². The molecule has 4 aromatic carbocycles. The van der Waals surface area contributed by atoms with E-state index in [1.807, 2.05) is 54.6 Å². The highest BCUT2D eigenvalue weighted by atomic mass is 16.2. The molecule has 0 saturated carbocycles. The first-order valence-electron chi connectivity index (χ1n) is 12.6. The first-order chi connectivity index (χ1) is 18.1.